The maximum atomic E-state index is 5.01. The fourth-order valence-electron chi connectivity index (χ4n) is 3.13. The molecule has 3 rings (SSSR count). The Labute approximate surface area is 147 Å². The monoisotopic (exact) mass is 352 g/mol. The summed E-state index contributed by atoms with van der Waals surface area (Å²) in [7, 11) is -2.35. The Morgan fingerprint density at radius 2 is 0.917 bits per heavy atom. The van der Waals surface area contributed by atoms with Crippen LogP contribution in [0.1, 0.15) is 11.4 Å². The van der Waals surface area contributed by atoms with E-state index in [0.717, 1.165) is 23.1 Å². The second-order valence-corrected chi connectivity index (χ2v) is 20.2. The van der Waals surface area contributed by atoms with Gasteiger partial charge in [0.05, 0.1) is 27.2 Å². The lowest BCUT2D eigenvalue weighted by molar-refractivity contribution is 1.15. The number of rotatable bonds is 4. The zero-order valence-electron chi connectivity index (χ0n) is 15.8. The van der Waals surface area contributed by atoms with Crippen molar-refractivity contribution < 1.29 is 0 Å². The van der Waals surface area contributed by atoms with Gasteiger partial charge in [-0.15, -0.1) is 0 Å². The first-order valence-electron chi connectivity index (χ1n) is 8.79. The van der Waals surface area contributed by atoms with Crippen molar-refractivity contribution in [3.63, 3.8) is 0 Å². The molecule has 0 aliphatic carbocycles. The Hall–Kier alpha value is -1.53. The highest BCUT2D eigenvalue weighted by Gasteiger charge is 2.17. The number of hydrogen-bond donors (Lipinski definition) is 0. The minimum atomic E-state index is -1.17. The standard InChI is InChI=1S/C20H28N2Si2/c1-23(2,3)13-17-11-9-15-7-8-16-10-12-18(14-24(4,5)6)22-20(16)19(15)21-17/h7-12H,13-14H2,1-6H3. The van der Waals surface area contributed by atoms with Gasteiger partial charge in [0.25, 0.3) is 0 Å². The van der Waals surface area contributed by atoms with Crippen molar-refractivity contribution >= 4 is 38.0 Å². The average molecular weight is 353 g/mol. The van der Waals surface area contributed by atoms with Crippen molar-refractivity contribution in [2.75, 3.05) is 0 Å². The zero-order chi connectivity index (χ0) is 17.5. The molecule has 1 aromatic carbocycles. The lowest BCUT2D eigenvalue weighted by atomic mass is 10.1. The van der Waals surface area contributed by atoms with Crippen molar-refractivity contribution in [1.29, 1.82) is 0 Å². The molecule has 0 atom stereocenters. The van der Waals surface area contributed by atoms with E-state index < -0.39 is 16.1 Å². The van der Waals surface area contributed by atoms with Gasteiger partial charge in [-0.25, -0.2) is 0 Å². The van der Waals surface area contributed by atoms with Crippen LogP contribution >= 0.6 is 0 Å². The van der Waals surface area contributed by atoms with Gasteiger partial charge in [-0.05, 0) is 24.2 Å². The topological polar surface area (TPSA) is 25.8 Å². The van der Waals surface area contributed by atoms with Gasteiger partial charge in [0.15, 0.2) is 0 Å². The van der Waals surface area contributed by atoms with Gasteiger partial charge in [-0.3, -0.25) is 9.97 Å². The summed E-state index contributed by atoms with van der Waals surface area (Å²) in [5, 5.41) is 2.39. The quantitative estimate of drug-likeness (QED) is 0.449. The van der Waals surface area contributed by atoms with Gasteiger partial charge in [0, 0.05) is 22.2 Å². The van der Waals surface area contributed by atoms with Crippen molar-refractivity contribution in [3.05, 3.63) is 47.8 Å². The predicted molar refractivity (Wildman–Crippen MR) is 111 cm³/mol. The largest absolute Gasteiger partial charge is 0.251 e. The van der Waals surface area contributed by atoms with E-state index in [-0.39, 0.29) is 0 Å². The molecule has 0 spiro atoms. The number of fused-ring (bicyclic) bond motifs is 3. The third kappa shape index (κ3) is 4.11. The Kier molecular flexibility index (Phi) is 4.38. The molecule has 0 bridgehead atoms. The molecule has 2 aromatic heterocycles. The Balaban J connectivity index is 2.15. The van der Waals surface area contributed by atoms with Crippen molar-refractivity contribution in [2.45, 2.75) is 51.4 Å². The van der Waals surface area contributed by atoms with Crippen LogP contribution in [0.3, 0.4) is 0 Å². The molecule has 2 nitrogen and oxygen atoms in total. The molecule has 0 N–H and O–H groups in total. The van der Waals surface area contributed by atoms with Gasteiger partial charge in [0.1, 0.15) is 0 Å². The van der Waals surface area contributed by atoms with Crippen LogP contribution in [-0.4, -0.2) is 26.1 Å². The molecular formula is C20H28N2Si2. The predicted octanol–water partition coefficient (Wildman–Crippen LogP) is 5.62. The summed E-state index contributed by atoms with van der Waals surface area (Å²) >= 11 is 0. The summed E-state index contributed by atoms with van der Waals surface area (Å²) in [5.41, 5.74) is 4.57. The number of benzene rings is 1. The average Bonchev–Trinajstić information content (AvgIpc) is 2.44. The first-order valence-corrected chi connectivity index (χ1v) is 16.2. The van der Waals surface area contributed by atoms with E-state index in [0.29, 0.717) is 0 Å². The minimum Gasteiger partial charge on any atom is -0.251 e. The molecule has 4 heteroatoms. The Morgan fingerprint density at radius 3 is 1.25 bits per heavy atom. The van der Waals surface area contributed by atoms with E-state index >= 15 is 0 Å². The zero-order valence-corrected chi connectivity index (χ0v) is 17.8. The number of hydrogen-bond acceptors (Lipinski definition) is 2. The molecule has 0 aliphatic rings. The molecule has 0 saturated heterocycles. The SMILES string of the molecule is C[Si](C)(C)Cc1ccc2ccc3ccc(C[Si](C)(C)C)nc3c2n1. The number of pyridine rings is 2. The smallest absolute Gasteiger partial charge is 0.0967 e. The van der Waals surface area contributed by atoms with Crippen LogP contribution < -0.4 is 0 Å². The van der Waals surface area contributed by atoms with E-state index in [2.05, 4.69) is 75.7 Å². The highest BCUT2D eigenvalue weighted by molar-refractivity contribution is 6.75. The van der Waals surface area contributed by atoms with Crippen LogP contribution in [0.4, 0.5) is 0 Å². The summed E-state index contributed by atoms with van der Waals surface area (Å²) < 4.78 is 0. The molecule has 24 heavy (non-hydrogen) atoms. The van der Waals surface area contributed by atoms with Crippen molar-refractivity contribution in [3.8, 4) is 0 Å². The van der Waals surface area contributed by atoms with Gasteiger partial charge >= 0.3 is 0 Å². The fourth-order valence-corrected chi connectivity index (χ4v) is 5.70. The molecule has 126 valence electrons. The molecule has 0 unspecified atom stereocenters. The second kappa shape index (κ2) is 6.08. The molecule has 0 aliphatic heterocycles. The van der Waals surface area contributed by atoms with Gasteiger partial charge in [-0.2, -0.15) is 0 Å². The Bertz CT molecular complexity index is 815. The van der Waals surface area contributed by atoms with Crippen LogP contribution in [0.5, 0.6) is 0 Å². The lowest BCUT2D eigenvalue weighted by Gasteiger charge is -2.16. The Morgan fingerprint density at radius 1 is 0.583 bits per heavy atom. The van der Waals surface area contributed by atoms with Gasteiger partial charge in [-0.1, -0.05) is 63.5 Å². The van der Waals surface area contributed by atoms with Crippen molar-refractivity contribution in [2.24, 2.45) is 0 Å². The summed E-state index contributed by atoms with van der Waals surface area (Å²) in [6, 6.07) is 15.4. The molecular weight excluding hydrogens is 324 g/mol. The maximum absolute atomic E-state index is 5.01. The molecule has 2 heterocycles. The van der Waals surface area contributed by atoms with Crippen LogP contribution in [0.15, 0.2) is 36.4 Å². The second-order valence-electron chi connectivity index (χ2n) is 9.29. The molecule has 0 radical (unpaired) electrons. The fraction of sp³-hybridized carbons (Fsp3) is 0.400. The first kappa shape index (κ1) is 17.3. The summed E-state index contributed by atoms with van der Waals surface area (Å²) in [4.78, 5) is 10.0. The van der Waals surface area contributed by atoms with Gasteiger partial charge < -0.3 is 0 Å². The van der Waals surface area contributed by atoms with Crippen LogP contribution in [0.25, 0.3) is 21.8 Å². The summed E-state index contributed by atoms with van der Waals surface area (Å²) in [6.45, 7) is 14.4. The molecule has 0 amide bonds. The third-order valence-corrected chi connectivity index (χ3v) is 6.90. The van der Waals surface area contributed by atoms with Crippen LogP contribution in [0.2, 0.25) is 39.3 Å². The highest BCUT2D eigenvalue weighted by atomic mass is 28.3. The number of nitrogens with zero attached hydrogens (tertiary/aromatic N) is 2. The van der Waals surface area contributed by atoms with E-state index in [9.17, 15) is 0 Å². The minimum absolute atomic E-state index is 1.07. The normalized spacial score (nSPS) is 12.9. The maximum Gasteiger partial charge on any atom is 0.0967 e. The van der Waals surface area contributed by atoms with E-state index in [1.165, 1.54) is 22.2 Å². The molecule has 3 aromatic rings. The summed E-state index contributed by atoms with van der Waals surface area (Å²) in [6.07, 6.45) is 0. The van der Waals surface area contributed by atoms with Crippen LogP contribution in [0, 0.1) is 0 Å². The van der Waals surface area contributed by atoms with Gasteiger partial charge in [0.2, 0.25) is 0 Å². The third-order valence-electron chi connectivity index (χ3n) is 4.06. The first-order chi connectivity index (χ1) is 11.1. The van der Waals surface area contributed by atoms with Crippen LogP contribution in [-0.2, 0) is 12.1 Å². The van der Waals surface area contributed by atoms with E-state index in [1.807, 2.05) is 0 Å². The lowest BCUT2D eigenvalue weighted by Crippen LogP contribution is -2.24. The van der Waals surface area contributed by atoms with Crippen molar-refractivity contribution in [1.82, 2.24) is 9.97 Å². The number of aromatic nitrogens is 2. The molecule has 0 saturated carbocycles. The van der Waals surface area contributed by atoms with E-state index in [1.54, 1.807) is 0 Å². The van der Waals surface area contributed by atoms with E-state index in [4.69, 9.17) is 9.97 Å². The summed E-state index contributed by atoms with van der Waals surface area (Å²) in [5.74, 6) is 0. The highest BCUT2D eigenvalue weighted by Crippen LogP contribution is 2.25. The molecule has 0 fully saturated rings.